The summed E-state index contributed by atoms with van der Waals surface area (Å²) in [6.07, 6.45) is 0. The molecule has 0 aliphatic carbocycles. The number of carbonyl (C=O) groups excluding carboxylic acids is 1. The summed E-state index contributed by atoms with van der Waals surface area (Å²) in [4.78, 5) is 15.2. The standard InChI is InChI=1S/C14H11NO2S/c16-12-7-3-1-5-10(12)14(17)15-9-18-13-8-4-2-6-11(13)15/h1-8,16H,9H2. The van der Waals surface area contributed by atoms with Crippen molar-refractivity contribution in [3.63, 3.8) is 0 Å². The summed E-state index contributed by atoms with van der Waals surface area (Å²) in [6.45, 7) is 0. The average molecular weight is 257 g/mol. The fourth-order valence-corrected chi connectivity index (χ4v) is 3.00. The third-order valence-electron chi connectivity index (χ3n) is 2.88. The smallest absolute Gasteiger partial charge is 0.262 e. The Kier molecular flexibility index (Phi) is 2.72. The van der Waals surface area contributed by atoms with Crippen molar-refractivity contribution < 1.29 is 9.90 Å². The van der Waals surface area contributed by atoms with Crippen LogP contribution >= 0.6 is 11.8 Å². The topological polar surface area (TPSA) is 40.5 Å². The molecule has 3 nitrogen and oxygen atoms in total. The molecule has 0 bridgehead atoms. The van der Waals surface area contributed by atoms with Gasteiger partial charge in [0, 0.05) is 4.90 Å². The van der Waals surface area contributed by atoms with Gasteiger partial charge >= 0.3 is 0 Å². The minimum absolute atomic E-state index is 0.0249. The van der Waals surface area contributed by atoms with Crippen molar-refractivity contribution in [1.29, 1.82) is 0 Å². The first-order valence-electron chi connectivity index (χ1n) is 5.59. The van der Waals surface area contributed by atoms with Crippen molar-refractivity contribution in [3.8, 4) is 5.75 Å². The number of amides is 1. The highest BCUT2D eigenvalue weighted by Crippen LogP contribution is 2.39. The Labute approximate surface area is 109 Å². The number of hydrogen-bond acceptors (Lipinski definition) is 3. The molecule has 0 unspecified atom stereocenters. The van der Waals surface area contributed by atoms with E-state index >= 15 is 0 Å². The van der Waals surface area contributed by atoms with Gasteiger partial charge in [0.05, 0.1) is 17.1 Å². The molecule has 0 radical (unpaired) electrons. The van der Waals surface area contributed by atoms with Crippen molar-refractivity contribution in [2.45, 2.75) is 4.90 Å². The maximum absolute atomic E-state index is 12.4. The van der Waals surface area contributed by atoms with Crippen LogP contribution in [0.25, 0.3) is 0 Å². The molecule has 2 aromatic rings. The van der Waals surface area contributed by atoms with E-state index in [0.29, 0.717) is 11.4 Å². The lowest BCUT2D eigenvalue weighted by Crippen LogP contribution is -2.27. The normalized spacial score (nSPS) is 13.4. The summed E-state index contributed by atoms with van der Waals surface area (Å²) in [5.74, 6) is 0.453. The number of phenolic OH excluding ortho intramolecular Hbond substituents is 1. The van der Waals surface area contributed by atoms with E-state index in [9.17, 15) is 9.90 Å². The highest BCUT2D eigenvalue weighted by Gasteiger charge is 2.26. The number of para-hydroxylation sites is 2. The molecule has 0 fully saturated rings. The Morgan fingerprint density at radius 1 is 1.11 bits per heavy atom. The Bertz CT molecular complexity index is 612. The number of phenols is 1. The van der Waals surface area contributed by atoms with Crippen LogP contribution in [-0.2, 0) is 0 Å². The van der Waals surface area contributed by atoms with Gasteiger partial charge in [-0.25, -0.2) is 0 Å². The van der Waals surface area contributed by atoms with Crippen molar-refractivity contribution in [2.75, 3.05) is 10.8 Å². The number of fused-ring (bicyclic) bond motifs is 1. The Morgan fingerprint density at radius 3 is 2.67 bits per heavy atom. The van der Waals surface area contributed by atoms with Gasteiger partial charge in [-0.3, -0.25) is 9.69 Å². The molecule has 90 valence electrons. The molecule has 3 rings (SSSR count). The van der Waals surface area contributed by atoms with Crippen LogP contribution in [0.5, 0.6) is 5.75 Å². The predicted octanol–water partition coefficient (Wildman–Crippen LogP) is 3.10. The van der Waals surface area contributed by atoms with Crippen LogP contribution in [-0.4, -0.2) is 16.9 Å². The first kappa shape index (κ1) is 11.2. The number of nitrogens with zero attached hydrogens (tertiary/aromatic N) is 1. The number of aromatic hydroxyl groups is 1. The second kappa shape index (κ2) is 4.38. The van der Waals surface area contributed by atoms with Gasteiger partial charge in [-0.15, -0.1) is 11.8 Å². The van der Waals surface area contributed by atoms with Crippen molar-refractivity contribution in [2.24, 2.45) is 0 Å². The average Bonchev–Trinajstić information content (AvgIpc) is 2.82. The molecule has 0 saturated carbocycles. The molecule has 1 N–H and O–H groups in total. The molecule has 18 heavy (non-hydrogen) atoms. The summed E-state index contributed by atoms with van der Waals surface area (Å²) in [6, 6.07) is 14.4. The summed E-state index contributed by atoms with van der Waals surface area (Å²) >= 11 is 1.63. The number of benzene rings is 2. The molecule has 1 aliphatic rings. The first-order chi connectivity index (χ1) is 8.77. The fourth-order valence-electron chi connectivity index (χ4n) is 1.97. The third-order valence-corrected chi connectivity index (χ3v) is 3.93. The predicted molar refractivity (Wildman–Crippen MR) is 72.1 cm³/mol. The number of hydrogen-bond donors (Lipinski definition) is 1. The van der Waals surface area contributed by atoms with E-state index in [4.69, 9.17) is 0 Å². The lowest BCUT2D eigenvalue weighted by atomic mass is 10.1. The number of thioether (sulfide) groups is 1. The van der Waals surface area contributed by atoms with Crippen LogP contribution in [0.15, 0.2) is 53.4 Å². The quantitative estimate of drug-likeness (QED) is 0.853. The molecule has 0 spiro atoms. The number of rotatable bonds is 1. The molecule has 1 aliphatic heterocycles. The molecule has 0 aromatic heterocycles. The van der Waals surface area contributed by atoms with Gasteiger partial charge in [-0.05, 0) is 24.3 Å². The minimum atomic E-state index is -0.162. The zero-order valence-electron chi connectivity index (χ0n) is 9.54. The Morgan fingerprint density at radius 2 is 1.83 bits per heavy atom. The van der Waals surface area contributed by atoms with Crippen molar-refractivity contribution in [3.05, 3.63) is 54.1 Å². The van der Waals surface area contributed by atoms with E-state index in [-0.39, 0.29) is 11.7 Å². The highest BCUT2D eigenvalue weighted by molar-refractivity contribution is 8.00. The maximum atomic E-state index is 12.4. The summed E-state index contributed by atoms with van der Waals surface area (Å²) in [7, 11) is 0. The summed E-state index contributed by atoms with van der Waals surface area (Å²) < 4.78 is 0. The SMILES string of the molecule is O=C(c1ccccc1O)N1CSc2ccccc21. The van der Waals surface area contributed by atoms with Gasteiger partial charge in [-0.1, -0.05) is 24.3 Å². The van der Waals surface area contributed by atoms with Gasteiger partial charge in [0.15, 0.2) is 0 Å². The van der Waals surface area contributed by atoms with E-state index in [1.807, 2.05) is 24.3 Å². The first-order valence-corrected chi connectivity index (χ1v) is 6.57. The van der Waals surface area contributed by atoms with E-state index in [1.54, 1.807) is 34.9 Å². The van der Waals surface area contributed by atoms with Crippen molar-refractivity contribution in [1.82, 2.24) is 0 Å². The van der Waals surface area contributed by atoms with Crippen LogP contribution < -0.4 is 4.90 Å². The van der Waals surface area contributed by atoms with Crippen LogP contribution in [0.4, 0.5) is 5.69 Å². The van der Waals surface area contributed by atoms with Gasteiger partial charge in [0.25, 0.3) is 5.91 Å². The monoisotopic (exact) mass is 257 g/mol. The maximum Gasteiger partial charge on any atom is 0.262 e. The third kappa shape index (κ3) is 1.75. The molecule has 2 aromatic carbocycles. The molecule has 0 atom stereocenters. The van der Waals surface area contributed by atoms with Crippen molar-refractivity contribution >= 4 is 23.4 Å². The number of anilines is 1. The summed E-state index contributed by atoms with van der Waals surface area (Å²) in [5, 5.41) is 9.73. The van der Waals surface area contributed by atoms with Crippen LogP contribution in [0, 0.1) is 0 Å². The minimum Gasteiger partial charge on any atom is -0.507 e. The lowest BCUT2D eigenvalue weighted by molar-refractivity contribution is 0.0989. The zero-order valence-corrected chi connectivity index (χ0v) is 10.4. The van der Waals surface area contributed by atoms with Gasteiger partial charge in [0.1, 0.15) is 5.75 Å². The summed E-state index contributed by atoms with van der Waals surface area (Å²) in [5.41, 5.74) is 1.26. The Balaban J connectivity index is 1.99. The van der Waals surface area contributed by atoms with E-state index < -0.39 is 0 Å². The second-order valence-electron chi connectivity index (χ2n) is 3.99. The molecular formula is C14H11NO2S. The highest BCUT2D eigenvalue weighted by atomic mass is 32.2. The largest absolute Gasteiger partial charge is 0.507 e. The van der Waals surface area contributed by atoms with Crippen LogP contribution in [0.2, 0.25) is 0 Å². The van der Waals surface area contributed by atoms with Crippen LogP contribution in [0.3, 0.4) is 0 Å². The van der Waals surface area contributed by atoms with E-state index in [1.165, 1.54) is 6.07 Å². The van der Waals surface area contributed by atoms with Crippen LogP contribution in [0.1, 0.15) is 10.4 Å². The van der Waals surface area contributed by atoms with Gasteiger partial charge < -0.3 is 5.11 Å². The molecular weight excluding hydrogens is 246 g/mol. The fraction of sp³-hybridized carbons (Fsp3) is 0.0714. The van der Waals surface area contributed by atoms with E-state index in [0.717, 1.165) is 10.6 Å². The zero-order chi connectivity index (χ0) is 12.5. The molecule has 4 heteroatoms. The lowest BCUT2D eigenvalue weighted by Gasteiger charge is -2.16. The molecule has 0 saturated heterocycles. The van der Waals surface area contributed by atoms with Gasteiger partial charge in [-0.2, -0.15) is 0 Å². The second-order valence-corrected chi connectivity index (χ2v) is 4.98. The Hall–Kier alpha value is -1.94. The molecule has 1 amide bonds. The molecule has 1 heterocycles. The van der Waals surface area contributed by atoms with Gasteiger partial charge in [0.2, 0.25) is 0 Å². The van der Waals surface area contributed by atoms with E-state index in [2.05, 4.69) is 0 Å². The number of carbonyl (C=O) groups is 1.